The molecular weight excluding hydrogens is 220 g/mol. The van der Waals surface area contributed by atoms with Crippen molar-refractivity contribution in [2.75, 3.05) is 0 Å². The molecule has 0 unspecified atom stereocenters. The second-order valence-electron chi connectivity index (χ2n) is 2.47. The van der Waals surface area contributed by atoms with Crippen molar-refractivity contribution in [2.45, 2.75) is 17.0 Å². The first-order valence-electron chi connectivity index (χ1n) is 3.78. The number of thiazole rings is 2. The maximum atomic E-state index is 4.38. The number of nitrogens with zero attached hydrogens (tertiary/aromatic N) is 2. The number of aromatic nitrogens is 2. The minimum Gasteiger partial charge on any atom is -0.246 e. The van der Waals surface area contributed by atoms with Crippen LogP contribution in [0.15, 0.2) is 21.3 Å². The van der Waals surface area contributed by atoms with E-state index in [1.807, 2.05) is 18.5 Å². The van der Waals surface area contributed by atoms with Crippen molar-refractivity contribution in [1.29, 1.82) is 0 Å². The summed E-state index contributed by atoms with van der Waals surface area (Å²) in [6.45, 7) is 2.02. The van der Waals surface area contributed by atoms with Crippen LogP contribution >= 0.6 is 34.4 Å². The largest absolute Gasteiger partial charge is 0.246 e. The highest BCUT2D eigenvalue weighted by molar-refractivity contribution is 8.00. The summed E-state index contributed by atoms with van der Waals surface area (Å²) in [5.41, 5.74) is 1.11. The zero-order valence-electron chi connectivity index (χ0n) is 7.06. The van der Waals surface area contributed by atoms with Crippen molar-refractivity contribution in [3.63, 3.8) is 0 Å². The van der Waals surface area contributed by atoms with Crippen LogP contribution in [0.25, 0.3) is 0 Å². The zero-order valence-corrected chi connectivity index (χ0v) is 9.51. The van der Waals surface area contributed by atoms with E-state index in [9.17, 15) is 0 Å². The normalized spacial score (nSPS) is 10.5. The van der Waals surface area contributed by atoms with E-state index in [2.05, 4.69) is 15.3 Å². The van der Waals surface area contributed by atoms with Gasteiger partial charge in [0.25, 0.3) is 0 Å². The Bertz CT molecular complexity index is 366. The van der Waals surface area contributed by atoms with Gasteiger partial charge in [-0.3, -0.25) is 0 Å². The van der Waals surface area contributed by atoms with Gasteiger partial charge in [0, 0.05) is 22.7 Å². The van der Waals surface area contributed by atoms with Crippen molar-refractivity contribution in [2.24, 2.45) is 0 Å². The molecule has 0 aliphatic rings. The van der Waals surface area contributed by atoms with E-state index in [-0.39, 0.29) is 0 Å². The van der Waals surface area contributed by atoms with Gasteiger partial charge < -0.3 is 0 Å². The molecule has 0 radical (unpaired) electrons. The topological polar surface area (TPSA) is 25.8 Å². The Balaban J connectivity index is 1.93. The average Bonchev–Trinajstić information content (AvgIpc) is 2.71. The first kappa shape index (κ1) is 9.18. The van der Waals surface area contributed by atoms with E-state index in [0.717, 1.165) is 15.8 Å². The molecule has 0 fully saturated rings. The fourth-order valence-electron chi connectivity index (χ4n) is 0.874. The number of aryl methyl sites for hydroxylation is 1. The minimum atomic E-state index is 0.937. The molecule has 2 aromatic heterocycles. The highest BCUT2D eigenvalue weighted by Gasteiger charge is 2.01. The monoisotopic (exact) mass is 228 g/mol. The standard InChI is InChI=1S/C8H8N2S3/c1-6-4-12-7(10-6)5-13-8-9-2-3-11-8/h2-4H,5H2,1H3. The average molecular weight is 228 g/mol. The SMILES string of the molecule is Cc1csc(CSc2nccs2)n1. The summed E-state index contributed by atoms with van der Waals surface area (Å²) in [5, 5.41) is 5.25. The molecule has 2 rings (SSSR count). The lowest BCUT2D eigenvalue weighted by Crippen LogP contribution is -1.78. The Hall–Kier alpha value is -0.390. The molecule has 5 heteroatoms. The van der Waals surface area contributed by atoms with Gasteiger partial charge in [0.1, 0.15) is 9.35 Å². The van der Waals surface area contributed by atoms with Crippen molar-refractivity contribution in [1.82, 2.24) is 9.97 Å². The Morgan fingerprint density at radius 1 is 1.46 bits per heavy atom. The lowest BCUT2D eigenvalue weighted by Gasteiger charge is -1.91. The van der Waals surface area contributed by atoms with Gasteiger partial charge in [-0.2, -0.15) is 0 Å². The van der Waals surface area contributed by atoms with Crippen molar-refractivity contribution < 1.29 is 0 Å². The summed E-state index contributed by atoms with van der Waals surface area (Å²) in [6.07, 6.45) is 1.83. The fourth-order valence-corrected chi connectivity index (χ4v) is 3.30. The number of hydrogen-bond donors (Lipinski definition) is 0. The summed E-state index contributed by atoms with van der Waals surface area (Å²) in [7, 11) is 0. The molecule has 0 saturated heterocycles. The van der Waals surface area contributed by atoms with Gasteiger partial charge in [0.2, 0.25) is 0 Å². The van der Waals surface area contributed by atoms with Crippen LogP contribution in [0, 0.1) is 6.92 Å². The molecular formula is C8H8N2S3. The van der Waals surface area contributed by atoms with E-state index in [4.69, 9.17) is 0 Å². The molecule has 0 aromatic carbocycles. The number of rotatable bonds is 3. The van der Waals surface area contributed by atoms with Gasteiger partial charge >= 0.3 is 0 Å². The molecule has 0 saturated carbocycles. The maximum Gasteiger partial charge on any atom is 0.150 e. The Morgan fingerprint density at radius 2 is 2.38 bits per heavy atom. The molecule has 0 aliphatic carbocycles. The summed E-state index contributed by atoms with van der Waals surface area (Å²) in [5.74, 6) is 0.937. The summed E-state index contributed by atoms with van der Waals surface area (Å²) in [4.78, 5) is 8.58. The quantitative estimate of drug-likeness (QED) is 0.754. The van der Waals surface area contributed by atoms with Crippen molar-refractivity contribution >= 4 is 34.4 Å². The van der Waals surface area contributed by atoms with Crippen molar-refractivity contribution in [3.8, 4) is 0 Å². The van der Waals surface area contributed by atoms with E-state index in [0.29, 0.717) is 0 Å². The predicted octanol–water partition coefficient (Wildman–Crippen LogP) is 3.20. The highest BCUT2D eigenvalue weighted by atomic mass is 32.2. The molecule has 0 atom stereocenters. The van der Waals surface area contributed by atoms with Crippen LogP contribution in [0.5, 0.6) is 0 Å². The highest BCUT2D eigenvalue weighted by Crippen LogP contribution is 2.25. The first-order chi connectivity index (χ1) is 6.34. The molecule has 0 aliphatic heterocycles. The third kappa shape index (κ3) is 2.52. The van der Waals surface area contributed by atoms with Crippen LogP contribution in [0.2, 0.25) is 0 Å². The van der Waals surface area contributed by atoms with E-state index >= 15 is 0 Å². The summed E-state index contributed by atoms with van der Waals surface area (Å²) >= 11 is 5.14. The molecule has 2 heterocycles. The predicted molar refractivity (Wildman–Crippen MR) is 58.5 cm³/mol. The zero-order chi connectivity index (χ0) is 9.10. The summed E-state index contributed by atoms with van der Waals surface area (Å²) in [6, 6.07) is 0. The van der Waals surface area contributed by atoms with Crippen molar-refractivity contribution in [3.05, 3.63) is 27.7 Å². The molecule has 0 amide bonds. The van der Waals surface area contributed by atoms with Crippen LogP contribution < -0.4 is 0 Å². The van der Waals surface area contributed by atoms with E-state index in [1.165, 1.54) is 5.01 Å². The lowest BCUT2D eigenvalue weighted by molar-refractivity contribution is 1.18. The Morgan fingerprint density at radius 3 is 3.00 bits per heavy atom. The smallest absolute Gasteiger partial charge is 0.150 e. The van der Waals surface area contributed by atoms with E-state index in [1.54, 1.807) is 34.4 Å². The van der Waals surface area contributed by atoms with Crippen LogP contribution in [0.4, 0.5) is 0 Å². The molecule has 0 N–H and O–H groups in total. The fraction of sp³-hybridized carbons (Fsp3) is 0.250. The van der Waals surface area contributed by atoms with Gasteiger partial charge in [-0.15, -0.1) is 22.7 Å². The van der Waals surface area contributed by atoms with Gasteiger partial charge in [0.05, 0.1) is 5.75 Å². The second-order valence-corrected chi connectivity index (χ2v) is 5.53. The van der Waals surface area contributed by atoms with Gasteiger partial charge in [-0.1, -0.05) is 11.8 Å². The van der Waals surface area contributed by atoms with Gasteiger partial charge in [-0.25, -0.2) is 9.97 Å². The van der Waals surface area contributed by atoms with Crippen LogP contribution in [-0.4, -0.2) is 9.97 Å². The van der Waals surface area contributed by atoms with Crippen LogP contribution in [0.1, 0.15) is 10.7 Å². The molecule has 2 aromatic rings. The van der Waals surface area contributed by atoms with Gasteiger partial charge in [-0.05, 0) is 6.92 Å². The van der Waals surface area contributed by atoms with Gasteiger partial charge in [0.15, 0.2) is 0 Å². The molecule has 0 spiro atoms. The molecule has 68 valence electrons. The molecule has 0 bridgehead atoms. The summed E-state index contributed by atoms with van der Waals surface area (Å²) < 4.78 is 1.12. The van der Waals surface area contributed by atoms with Crippen LogP contribution in [-0.2, 0) is 5.75 Å². The third-order valence-electron chi connectivity index (χ3n) is 1.40. The second kappa shape index (κ2) is 4.21. The lowest BCUT2D eigenvalue weighted by atomic mass is 10.6. The Labute approximate surface area is 89.1 Å². The Kier molecular flexibility index (Phi) is 2.97. The number of thioether (sulfide) groups is 1. The molecule has 2 nitrogen and oxygen atoms in total. The number of hydrogen-bond acceptors (Lipinski definition) is 5. The van der Waals surface area contributed by atoms with Crippen LogP contribution in [0.3, 0.4) is 0 Å². The molecule has 13 heavy (non-hydrogen) atoms. The van der Waals surface area contributed by atoms with E-state index < -0.39 is 0 Å². The maximum absolute atomic E-state index is 4.38. The minimum absolute atomic E-state index is 0.937. The first-order valence-corrected chi connectivity index (χ1v) is 6.52. The third-order valence-corrected chi connectivity index (χ3v) is 4.52.